The van der Waals surface area contributed by atoms with E-state index in [0.717, 1.165) is 30.1 Å². The number of aryl methyl sites for hydroxylation is 1. The van der Waals surface area contributed by atoms with Crippen LogP contribution in [0, 0.1) is 0 Å². The number of amides is 1. The number of hydrogen-bond acceptors (Lipinski definition) is 4. The van der Waals surface area contributed by atoms with Crippen LogP contribution in [0.5, 0.6) is 0 Å². The van der Waals surface area contributed by atoms with E-state index >= 15 is 0 Å². The third kappa shape index (κ3) is 3.56. The number of hydrogen-bond donors (Lipinski definition) is 0. The van der Waals surface area contributed by atoms with Crippen LogP contribution in [-0.4, -0.2) is 31.0 Å². The monoisotopic (exact) mass is 405 g/mol. The van der Waals surface area contributed by atoms with Gasteiger partial charge in [-0.15, -0.1) is 11.3 Å². The van der Waals surface area contributed by atoms with E-state index in [1.807, 2.05) is 31.3 Å². The Morgan fingerprint density at radius 1 is 1.14 bits per heavy atom. The molecule has 146 valence electrons. The number of fused-ring (bicyclic) bond motifs is 2. The molecule has 1 amide bonds. The molecule has 4 nitrogen and oxygen atoms in total. The van der Waals surface area contributed by atoms with Crippen LogP contribution in [0.25, 0.3) is 10.2 Å². The van der Waals surface area contributed by atoms with Crippen LogP contribution in [0.3, 0.4) is 0 Å². The second-order valence-corrected chi connectivity index (χ2v) is 7.86. The molecule has 8 heteroatoms. The molecule has 0 saturated heterocycles. The van der Waals surface area contributed by atoms with Gasteiger partial charge in [-0.2, -0.15) is 13.2 Å². The molecule has 0 bridgehead atoms. The Hall–Kier alpha value is -2.61. The number of aromatic nitrogens is 1. The average Bonchev–Trinajstić information content (AvgIpc) is 3.08. The summed E-state index contributed by atoms with van der Waals surface area (Å²) in [6.45, 7) is 1.37. The molecule has 1 aliphatic rings. The summed E-state index contributed by atoms with van der Waals surface area (Å²) >= 11 is 1.33. The number of benzene rings is 2. The van der Waals surface area contributed by atoms with E-state index in [1.165, 1.54) is 17.4 Å². The number of carbonyl (C=O) groups is 1. The van der Waals surface area contributed by atoms with E-state index in [0.29, 0.717) is 28.2 Å². The molecule has 0 unspecified atom stereocenters. The fraction of sp³-hybridized carbons (Fsp3) is 0.300. The minimum absolute atomic E-state index is 0.00390. The van der Waals surface area contributed by atoms with Gasteiger partial charge in [-0.05, 0) is 30.3 Å². The summed E-state index contributed by atoms with van der Waals surface area (Å²) < 4.78 is 39.3. The van der Waals surface area contributed by atoms with Gasteiger partial charge in [-0.25, -0.2) is 4.98 Å². The van der Waals surface area contributed by atoms with Crippen molar-refractivity contribution in [1.82, 2.24) is 4.98 Å². The number of alkyl halides is 3. The lowest BCUT2D eigenvalue weighted by atomic mass is 10.1. The van der Waals surface area contributed by atoms with Gasteiger partial charge in [0.05, 0.1) is 32.2 Å². The van der Waals surface area contributed by atoms with Crippen molar-refractivity contribution in [2.45, 2.75) is 19.0 Å². The SMILES string of the molecule is CN1CCN(C(=O)CCc2nc3cc(C(F)(F)F)ccc3s2)c2ccccc21. The van der Waals surface area contributed by atoms with Crippen LogP contribution >= 0.6 is 11.3 Å². The molecule has 0 atom stereocenters. The van der Waals surface area contributed by atoms with E-state index in [2.05, 4.69) is 9.88 Å². The van der Waals surface area contributed by atoms with Crippen LogP contribution in [0.4, 0.5) is 24.5 Å². The molecule has 1 aromatic heterocycles. The number of nitrogens with zero attached hydrogens (tertiary/aromatic N) is 3. The highest BCUT2D eigenvalue weighted by Crippen LogP contribution is 2.34. The van der Waals surface area contributed by atoms with Crippen molar-refractivity contribution in [1.29, 1.82) is 0 Å². The maximum Gasteiger partial charge on any atom is 0.416 e. The molecule has 2 aromatic carbocycles. The van der Waals surface area contributed by atoms with Gasteiger partial charge in [0, 0.05) is 33.0 Å². The molecule has 0 fully saturated rings. The van der Waals surface area contributed by atoms with E-state index < -0.39 is 11.7 Å². The Kier molecular flexibility index (Phi) is 4.74. The summed E-state index contributed by atoms with van der Waals surface area (Å²) in [5.41, 5.74) is 1.52. The van der Waals surface area contributed by atoms with E-state index in [4.69, 9.17) is 0 Å². The fourth-order valence-corrected chi connectivity index (χ4v) is 4.32. The van der Waals surface area contributed by atoms with Gasteiger partial charge in [0.25, 0.3) is 0 Å². The predicted molar refractivity (Wildman–Crippen MR) is 105 cm³/mol. The first-order chi connectivity index (χ1) is 13.3. The van der Waals surface area contributed by atoms with E-state index in [9.17, 15) is 18.0 Å². The van der Waals surface area contributed by atoms with Crippen molar-refractivity contribution in [2.75, 3.05) is 29.9 Å². The average molecular weight is 405 g/mol. The molecule has 4 rings (SSSR count). The number of carbonyl (C=O) groups excluding carboxylic acids is 1. The van der Waals surface area contributed by atoms with Crippen LogP contribution in [0.1, 0.15) is 17.0 Å². The maximum atomic E-state index is 12.9. The predicted octanol–water partition coefficient (Wildman–Crippen LogP) is 4.73. The normalized spacial score (nSPS) is 14.4. The zero-order valence-corrected chi connectivity index (χ0v) is 16.0. The lowest BCUT2D eigenvalue weighted by Gasteiger charge is -2.35. The highest BCUT2D eigenvalue weighted by molar-refractivity contribution is 7.18. The second kappa shape index (κ2) is 7.09. The lowest BCUT2D eigenvalue weighted by molar-refractivity contribution is -0.137. The third-order valence-electron chi connectivity index (χ3n) is 4.86. The highest BCUT2D eigenvalue weighted by atomic mass is 32.1. The molecule has 28 heavy (non-hydrogen) atoms. The first-order valence-electron chi connectivity index (χ1n) is 8.90. The van der Waals surface area contributed by atoms with Gasteiger partial charge in [-0.3, -0.25) is 4.79 Å². The highest BCUT2D eigenvalue weighted by Gasteiger charge is 2.31. The Balaban J connectivity index is 1.49. The molecule has 2 heterocycles. The Morgan fingerprint density at radius 3 is 2.64 bits per heavy atom. The van der Waals surface area contributed by atoms with Crippen LogP contribution < -0.4 is 9.80 Å². The number of likely N-dealkylation sites (N-methyl/N-ethyl adjacent to an activating group) is 1. The third-order valence-corrected chi connectivity index (χ3v) is 5.95. The molecule has 0 saturated carbocycles. The van der Waals surface area contributed by atoms with Crippen LogP contribution in [-0.2, 0) is 17.4 Å². The molecular formula is C20H18F3N3OS. The summed E-state index contributed by atoms with van der Waals surface area (Å²) in [5, 5.41) is 0.671. The van der Waals surface area contributed by atoms with Crippen molar-refractivity contribution in [3.63, 3.8) is 0 Å². The topological polar surface area (TPSA) is 36.4 Å². The molecule has 1 aliphatic heterocycles. The summed E-state index contributed by atoms with van der Waals surface area (Å²) in [5.74, 6) is -0.00390. The largest absolute Gasteiger partial charge is 0.416 e. The maximum absolute atomic E-state index is 12.9. The van der Waals surface area contributed by atoms with E-state index in [-0.39, 0.29) is 12.3 Å². The van der Waals surface area contributed by atoms with Crippen molar-refractivity contribution < 1.29 is 18.0 Å². The smallest absolute Gasteiger partial charge is 0.371 e. The molecule has 0 radical (unpaired) electrons. The van der Waals surface area contributed by atoms with Gasteiger partial charge < -0.3 is 9.80 Å². The van der Waals surface area contributed by atoms with Gasteiger partial charge in [-0.1, -0.05) is 12.1 Å². The van der Waals surface area contributed by atoms with Crippen molar-refractivity contribution in [2.24, 2.45) is 0 Å². The van der Waals surface area contributed by atoms with E-state index in [1.54, 1.807) is 4.90 Å². The van der Waals surface area contributed by atoms with Gasteiger partial charge in [0.1, 0.15) is 0 Å². The van der Waals surface area contributed by atoms with Gasteiger partial charge in [0.2, 0.25) is 5.91 Å². The summed E-state index contributed by atoms with van der Waals surface area (Å²) in [4.78, 5) is 21.0. The van der Waals surface area contributed by atoms with Gasteiger partial charge in [0.15, 0.2) is 0 Å². The van der Waals surface area contributed by atoms with Crippen LogP contribution in [0.2, 0.25) is 0 Å². The first kappa shape index (κ1) is 18.7. The summed E-state index contributed by atoms with van der Waals surface area (Å²) in [7, 11) is 2.00. The summed E-state index contributed by atoms with van der Waals surface area (Å²) in [6, 6.07) is 11.3. The Labute approximate surface area is 164 Å². The summed E-state index contributed by atoms with van der Waals surface area (Å²) in [6.07, 6.45) is -3.71. The fourth-order valence-electron chi connectivity index (χ4n) is 3.37. The Bertz CT molecular complexity index is 1030. The minimum atomic E-state index is -4.39. The molecule has 0 N–H and O–H groups in total. The van der Waals surface area contributed by atoms with Crippen molar-refractivity contribution in [3.05, 3.63) is 53.0 Å². The molecule has 3 aromatic rings. The number of para-hydroxylation sites is 2. The van der Waals surface area contributed by atoms with Crippen LogP contribution in [0.15, 0.2) is 42.5 Å². The zero-order valence-electron chi connectivity index (χ0n) is 15.2. The van der Waals surface area contributed by atoms with Gasteiger partial charge >= 0.3 is 6.18 Å². The molecular weight excluding hydrogens is 387 g/mol. The van der Waals surface area contributed by atoms with Crippen molar-refractivity contribution in [3.8, 4) is 0 Å². The quantitative estimate of drug-likeness (QED) is 0.632. The number of halogens is 3. The number of anilines is 2. The molecule has 0 aliphatic carbocycles. The lowest BCUT2D eigenvalue weighted by Crippen LogP contribution is -2.42. The Morgan fingerprint density at radius 2 is 1.89 bits per heavy atom. The number of rotatable bonds is 3. The number of thiazole rings is 1. The molecule has 0 spiro atoms. The minimum Gasteiger partial charge on any atom is -0.371 e. The first-order valence-corrected chi connectivity index (χ1v) is 9.72. The standard InChI is InChI=1S/C20H18F3N3OS/c1-25-10-11-26(16-5-3-2-4-15(16)25)19(27)9-8-18-24-14-12-13(20(21,22)23)6-7-17(14)28-18/h2-7,12H,8-11H2,1H3. The van der Waals surface area contributed by atoms with Crippen molar-refractivity contribution >= 4 is 38.8 Å². The second-order valence-electron chi connectivity index (χ2n) is 6.74. The zero-order chi connectivity index (χ0) is 19.9.